The van der Waals surface area contributed by atoms with Crippen LogP contribution < -0.4 is 15.0 Å². The van der Waals surface area contributed by atoms with Gasteiger partial charge in [-0.1, -0.05) is 27.7 Å². The molecule has 5 rings (SSSR count). The van der Waals surface area contributed by atoms with Crippen LogP contribution in [0.15, 0.2) is 42.7 Å². The van der Waals surface area contributed by atoms with Crippen molar-refractivity contribution in [3.8, 4) is 23.2 Å². The Bertz CT molecular complexity index is 1650. The van der Waals surface area contributed by atoms with Gasteiger partial charge in [-0.3, -0.25) is 4.90 Å². The third kappa shape index (κ3) is 7.34. The minimum absolute atomic E-state index is 0.0107. The molecule has 0 unspecified atom stereocenters. The number of nitrogens with zero attached hydrogens (tertiary/aromatic N) is 5. The summed E-state index contributed by atoms with van der Waals surface area (Å²) in [5.74, 6) is 1.47. The molecule has 10 nitrogen and oxygen atoms in total. The zero-order valence-electron chi connectivity index (χ0n) is 28.5. The summed E-state index contributed by atoms with van der Waals surface area (Å²) < 4.78 is 18.5. The van der Waals surface area contributed by atoms with Gasteiger partial charge < -0.3 is 19.2 Å². The zero-order valence-corrected chi connectivity index (χ0v) is 29.5. The van der Waals surface area contributed by atoms with Gasteiger partial charge in [0.15, 0.2) is 8.32 Å². The molecule has 3 aromatic rings. The Morgan fingerprint density at radius 2 is 1.87 bits per heavy atom. The van der Waals surface area contributed by atoms with Crippen LogP contribution in [0.2, 0.25) is 18.1 Å². The number of amides is 1. The van der Waals surface area contributed by atoms with Gasteiger partial charge in [-0.2, -0.15) is 5.26 Å². The number of rotatable bonds is 9. The van der Waals surface area contributed by atoms with Crippen LogP contribution in [0.5, 0.6) is 5.88 Å². The van der Waals surface area contributed by atoms with Crippen LogP contribution in [0.4, 0.5) is 22.1 Å². The predicted octanol–water partition coefficient (Wildman–Crippen LogP) is 7.98. The summed E-state index contributed by atoms with van der Waals surface area (Å²) in [6.45, 7) is 20.0. The molecule has 2 aliphatic rings. The fourth-order valence-electron chi connectivity index (χ4n) is 5.07. The molecule has 0 radical (unpaired) electrons. The van der Waals surface area contributed by atoms with Gasteiger partial charge in [-0.25, -0.2) is 19.7 Å². The molecule has 46 heavy (non-hydrogen) atoms. The summed E-state index contributed by atoms with van der Waals surface area (Å²) in [6.07, 6.45) is 5.26. The van der Waals surface area contributed by atoms with E-state index < -0.39 is 25.4 Å². The second-order valence-electron chi connectivity index (χ2n) is 15.2. The minimum Gasteiger partial charge on any atom is -0.476 e. The molecule has 2 aromatic heterocycles. The first-order valence-electron chi connectivity index (χ1n) is 15.9. The fraction of sp³-hybridized carbons (Fsp3) is 0.514. The quantitative estimate of drug-likeness (QED) is 0.231. The number of aromatic nitrogens is 3. The maximum atomic E-state index is 13.5. The number of carbonyl (C=O) groups excluding carboxylic acids is 1. The van der Waals surface area contributed by atoms with Crippen molar-refractivity contribution in [1.82, 2.24) is 15.0 Å². The van der Waals surface area contributed by atoms with E-state index in [1.54, 1.807) is 23.4 Å². The van der Waals surface area contributed by atoms with Crippen molar-refractivity contribution in [2.24, 2.45) is 5.92 Å². The molecule has 1 fully saturated rings. The summed E-state index contributed by atoms with van der Waals surface area (Å²) in [5, 5.41) is 13.7. The Morgan fingerprint density at radius 1 is 1.13 bits per heavy atom. The Kier molecular flexibility index (Phi) is 8.92. The minimum atomic E-state index is -2.13. The molecule has 244 valence electrons. The van der Waals surface area contributed by atoms with Gasteiger partial charge in [0.05, 0.1) is 23.6 Å². The van der Waals surface area contributed by atoms with Crippen molar-refractivity contribution in [3.05, 3.63) is 53.9 Å². The first-order chi connectivity index (χ1) is 21.5. The standard InChI is InChI=1S/C35H46N6O4Si/c1-33(2,3)45-32(42)41-21-35(7,22-44-46(8,9)34(4,5)6)26-18-24(17-25(19-36)29(26)41)27-14-16-38-31(39-27)40-28-11-10-15-37-30(28)43-20-23-12-13-23/h10-11,14-18,23H,12-13,20-22H2,1-9H3,(H,38,39,40)/t35-/m1/s1. The van der Waals surface area contributed by atoms with Crippen LogP contribution in [0.3, 0.4) is 0 Å². The summed E-state index contributed by atoms with van der Waals surface area (Å²) in [6, 6.07) is 11.7. The van der Waals surface area contributed by atoms with E-state index in [0.717, 1.165) is 11.1 Å². The van der Waals surface area contributed by atoms with Crippen LogP contribution >= 0.6 is 0 Å². The van der Waals surface area contributed by atoms with Crippen LogP contribution in [-0.2, 0) is 14.6 Å². The number of anilines is 3. The van der Waals surface area contributed by atoms with Gasteiger partial charge >= 0.3 is 6.09 Å². The topological polar surface area (TPSA) is 122 Å². The highest BCUT2D eigenvalue weighted by Crippen LogP contribution is 2.47. The normalized spacial score (nSPS) is 18.1. The number of hydrogen-bond acceptors (Lipinski definition) is 9. The fourth-order valence-corrected chi connectivity index (χ4v) is 6.18. The molecule has 1 atom stereocenters. The lowest BCUT2D eigenvalue weighted by Gasteiger charge is -2.39. The van der Waals surface area contributed by atoms with Crippen molar-refractivity contribution in [1.29, 1.82) is 5.26 Å². The van der Waals surface area contributed by atoms with Gasteiger partial charge in [-0.15, -0.1) is 0 Å². The molecular formula is C35H46N6O4Si. The Morgan fingerprint density at radius 3 is 2.52 bits per heavy atom. The smallest absolute Gasteiger partial charge is 0.414 e. The van der Waals surface area contributed by atoms with E-state index in [0.29, 0.717) is 60.1 Å². The van der Waals surface area contributed by atoms with Crippen LogP contribution in [0.25, 0.3) is 11.3 Å². The Balaban J connectivity index is 1.52. The summed E-state index contributed by atoms with van der Waals surface area (Å²) in [5.41, 5.74) is 2.53. The average Bonchev–Trinajstić information content (AvgIpc) is 3.76. The number of hydrogen-bond donors (Lipinski definition) is 1. The highest BCUT2D eigenvalue weighted by molar-refractivity contribution is 6.74. The lowest BCUT2D eigenvalue weighted by Crippen LogP contribution is -2.46. The van der Waals surface area contributed by atoms with E-state index in [2.05, 4.69) is 62.1 Å². The van der Waals surface area contributed by atoms with E-state index in [1.807, 2.05) is 45.0 Å². The van der Waals surface area contributed by atoms with E-state index in [1.165, 1.54) is 12.8 Å². The summed E-state index contributed by atoms with van der Waals surface area (Å²) >= 11 is 0. The van der Waals surface area contributed by atoms with Gasteiger partial charge in [-0.05, 0) is 93.6 Å². The molecule has 3 heterocycles. The molecule has 1 N–H and O–H groups in total. The Hall–Kier alpha value is -4.01. The first-order valence-corrected chi connectivity index (χ1v) is 18.8. The number of nitrogens with one attached hydrogen (secondary N) is 1. The summed E-state index contributed by atoms with van der Waals surface area (Å²) in [4.78, 5) is 28.8. The number of fused-ring (bicyclic) bond motifs is 1. The van der Waals surface area contributed by atoms with Gasteiger partial charge in [0.1, 0.15) is 17.4 Å². The highest BCUT2D eigenvalue weighted by atomic mass is 28.4. The van der Waals surface area contributed by atoms with E-state index >= 15 is 0 Å². The van der Waals surface area contributed by atoms with Gasteiger partial charge in [0.25, 0.3) is 0 Å². The van der Waals surface area contributed by atoms with Crippen LogP contribution in [0, 0.1) is 17.2 Å². The maximum absolute atomic E-state index is 13.5. The second-order valence-corrected chi connectivity index (χ2v) is 20.0. The van der Waals surface area contributed by atoms with Crippen molar-refractivity contribution < 1.29 is 18.7 Å². The van der Waals surface area contributed by atoms with Gasteiger partial charge in [0.2, 0.25) is 11.8 Å². The van der Waals surface area contributed by atoms with Crippen molar-refractivity contribution in [3.63, 3.8) is 0 Å². The number of ether oxygens (including phenoxy) is 2. The van der Waals surface area contributed by atoms with E-state index in [4.69, 9.17) is 18.9 Å². The molecule has 1 aliphatic heterocycles. The number of nitriles is 1. The number of pyridine rings is 1. The number of benzene rings is 1. The molecule has 0 saturated heterocycles. The molecule has 11 heteroatoms. The first kappa shape index (κ1) is 33.4. The second kappa shape index (κ2) is 12.3. The third-order valence-corrected chi connectivity index (χ3v) is 13.4. The molecule has 0 bridgehead atoms. The van der Waals surface area contributed by atoms with Gasteiger partial charge in [0, 0.05) is 36.5 Å². The average molecular weight is 643 g/mol. The highest BCUT2D eigenvalue weighted by Gasteiger charge is 2.47. The van der Waals surface area contributed by atoms with E-state index in [-0.39, 0.29) is 5.04 Å². The number of carbonyl (C=O) groups is 1. The summed E-state index contributed by atoms with van der Waals surface area (Å²) in [7, 11) is -2.13. The van der Waals surface area contributed by atoms with Crippen molar-refractivity contribution in [2.75, 3.05) is 30.0 Å². The Labute approximate surface area is 273 Å². The molecule has 0 spiro atoms. The lowest BCUT2D eigenvalue weighted by molar-refractivity contribution is 0.0575. The third-order valence-electron chi connectivity index (χ3n) is 8.95. The van der Waals surface area contributed by atoms with Crippen LogP contribution in [0.1, 0.15) is 72.4 Å². The van der Waals surface area contributed by atoms with Crippen molar-refractivity contribution >= 4 is 31.7 Å². The SMILES string of the molecule is CC(C)(C)OC(=O)N1C[C@](C)(CO[Si](C)(C)C(C)(C)C)c2cc(-c3ccnc(Nc4cccnc4OCC4CC4)n3)cc(C#N)c21. The van der Waals surface area contributed by atoms with Crippen LogP contribution in [-0.4, -0.2) is 54.7 Å². The van der Waals surface area contributed by atoms with Crippen molar-refractivity contribution in [2.45, 2.75) is 90.5 Å². The van der Waals surface area contributed by atoms with E-state index in [9.17, 15) is 10.1 Å². The molecule has 1 saturated carbocycles. The zero-order chi connectivity index (χ0) is 33.5. The molecule has 1 amide bonds. The molecular weight excluding hydrogens is 597 g/mol. The lowest BCUT2D eigenvalue weighted by atomic mass is 9.83. The maximum Gasteiger partial charge on any atom is 0.414 e. The molecule has 1 aromatic carbocycles. The monoisotopic (exact) mass is 642 g/mol. The largest absolute Gasteiger partial charge is 0.476 e. The predicted molar refractivity (Wildman–Crippen MR) is 182 cm³/mol. The molecule has 1 aliphatic carbocycles.